The Hall–Kier alpha value is -7.12. The number of carbonyl (C=O) groups excluding carboxylic acids is 3. The number of benzene rings is 2. The van der Waals surface area contributed by atoms with Crippen LogP contribution in [0.1, 0.15) is 69.3 Å². The number of nitrogens with two attached hydrogens (primary N) is 3. The zero-order valence-corrected chi connectivity index (χ0v) is 35.5. The number of primary amides is 2. The molecular formula is C43H51N13O6. The van der Waals surface area contributed by atoms with E-state index in [1.807, 2.05) is 55.2 Å². The van der Waals surface area contributed by atoms with Gasteiger partial charge in [-0.25, -0.2) is 15.0 Å². The first-order valence-corrected chi connectivity index (χ1v) is 20.4. The molecule has 0 radical (unpaired) electrons. The fourth-order valence-electron chi connectivity index (χ4n) is 7.39. The van der Waals surface area contributed by atoms with Gasteiger partial charge in [-0.15, -0.1) is 0 Å². The molecule has 7 rings (SSSR count). The first-order chi connectivity index (χ1) is 30.0. The van der Waals surface area contributed by atoms with Gasteiger partial charge in [0.05, 0.1) is 35.6 Å². The lowest BCUT2D eigenvalue weighted by Gasteiger charge is -2.13. The van der Waals surface area contributed by atoms with Gasteiger partial charge < -0.3 is 40.5 Å². The number of ether oxygens (including phenoxy) is 3. The van der Waals surface area contributed by atoms with Crippen LogP contribution in [-0.2, 0) is 30.9 Å². The highest BCUT2D eigenvalue weighted by atomic mass is 16.5. The van der Waals surface area contributed by atoms with Crippen LogP contribution in [0.3, 0.4) is 0 Å². The van der Waals surface area contributed by atoms with Crippen molar-refractivity contribution in [2.45, 2.75) is 66.7 Å². The van der Waals surface area contributed by atoms with Gasteiger partial charge in [-0.3, -0.25) is 29.1 Å². The molecule has 19 heteroatoms. The van der Waals surface area contributed by atoms with Crippen LogP contribution in [0.15, 0.2) is 54.7 Å². The molecule has 2 aromatic carbocycles. The number of aryl methyl sites for hydroxylation is 4. The predicted molar refractivity (Wildman–Crippen MR) is 234 cm³/mol. The van der Waals surface area contributed by atoms with E-state index in [0.717, 1.165) is 11.4 Å². The van der Waals surface area contributed by atoms with Crippen molar-refractivity contribution in [2.24, 2.45) is 17.2 Å². The summed E-state index contributed by atoms with van der Waals surface area (Å²) in [6, 6.07) is 10.2. The van der Waals surface area contributed by atoms with Crippen LogP contribution < -0.4 is 32.0 Å². The van der Waals surface area contributed by atoms with Gasteiger partial charge in [0.25, 0.3) is 5.91 Å². The fourth-order valence-corrected chi connectivity index (χ4v) is 7.39. The summed E-state index contributed by atoms with van der Waals surface area (Å²) in [5.74, 6) is -0.175. The summed E-state index contributed by atoms with van der Waals surface area (Å²) < 4.78 is 25.0. The first kappa shape index (κ1) is 43.0. The molecule has 0 aliphatic carbocycles. The van der Waals surface area contributed by atoms with E-state index >= 15 is 0 Å². The highest BCUT2D eigenvalue weighted by Gasteiger charge is 2.23. The van der Waals surface area contributed by atoms with Crippen molar-refractivity contribution in [2.75, 3.05) is 38.8 Å². The molecule has 0 saturated carbocycles. The second kappa shape index (κ2) is 18.7. The van der Waals surface area contributed by atoms with Crippen molar-refractivity contribution in [1.82, 2.24) is 43.6 Å². The van der Waals surface area contributed by atoms with Crippen molar-refractivity contribution in [3.05, 3.63) is 83.0 Å². The average molecular weight is 846 g/mol. The summed E-state index contributed by atoms with van der Waals surface area (Å²) in [6.07, 6.45) is 6.79. The van der Waals surface area contributed by atoms with Crippen molar-refractivity contribution in [3.63, 3.8) is 0 Å². The minimum absolute atomic E-state index is 0.200. The number of imidazole rings is 1. The molecule has 324 valence electrons. The van der Waals surface area contributed by atoms with Gasteiger partial charge in [0.2, 0.25) is 17.8 Å². The van der Waals surface area contributed by atoms with E-state index in [4.69, 9.17) is 46.4 Å². The maximum Gasteiger partial charge on any atom is 0.276 e. The third kappa shape index (κ3) is 8.70. The number of nitrogens with zero attached hydrogens (tertiary/aromatic N) is 9. The molecule has 0 fully saturated rings. The van der Waals surface area contributed by atoms with E-state index in [1.165, 1.54) is 0 Å². The molecule has 5 aromatic heterocycles. The molecular weight excluding hydrogens is 795 g/mol. The van der Waals surface area contributed by atoms with Crippen LogP contribution in [0.25, 0.3) is 44.5 Å². The van der Waals surface area contributed by atoms with Gasteiger partial charge in [0.1, 0.15) is 34.1 Å². The maximum atomic E-state index is 13.8. The summed E-state index contributed by atoms with van der Waals surface area (Å²) >= 11 is 0. The number of amides is 3. The lowest BCUT2D eigenvalue weighted by atomic mass is 10.1. The summed E-state index contributed by atoms with van der Waals surface area (Å²) in [6.45, 7) is 10.7. The Morgan fingerprint density at radius 2 is 1.40 bits per heavy atom. The van der Waals surface area contributed by atoms with Crippen LogP contribution in [0.4, 0.5) is 5.95 Å². The van der Waals surface area contributed by atoms with E-state index in [1.54, 1.807) is 52.9 Å². The summed E-state index contributed by atoms with van der Waals surface area (Å²) in [4.78, 5) is 53.5. The molecule has 0 spiro atoms. The highest BCUT2D eigenvalue weighted by Crippen LogP contribution is 2.37. The van der Waals surface area contributed by atoms with Gasteiger partial charge in [0, 0.05) is 74.4 Å². The van der Waals surface area contributed by atoms with Crippen LogP contribution in [0.5, 0.6) is 11.5 Å². The topological polar surface area (TPSA) is 253 Å². The van der Waals surface area contributed by atoms with Crippen molar-refractivity contribution in [1.29, 1.82) is 0 Å². The van der Waals surface area contributed by atoms with Crippen LogP contribution in [0, 0.1) is 13.8 Å². The number of allylic oxidation sites excluding steroid dienone is 2. The number of methoxy groups -OCH3 is 1. The van der Waals surface area contributed by atoms with Gasteiger partial charge >= 0.3 is 0 Å². The smallest absolute Gasteiger partial charge is 0.276 e. The molecule has 7 aromatic rings. The number of hydrogen-bond donors (Lipinski definition) is 4. The number of anilines is 1. The fraction of sp³-hybridized carbons (Fsp3) is 0.349. The Labute approximate surface area is 356 Å². The molecule has 19 nitrogen and oxygen atoms in total. The second-order valence-corrected chi connectivity index (χ2v) is 14.6. The van der Waals surface area contributed by atoms with Crippen LogP contribution in [-0.4, -0.2) is 94.8 Å². The molecule has 0 atom stereocenters. The largest absolute Gasteiger partial charge is 0.491 e. The van der Waals surface area contributed by atoms with Gasteiger partial charge in [-0.1, -0.05) is 12.2 Å². The van der Waals surface area contributed by atoms with E-state index in [9.17, 15) is 14.4 Å². The molecule has 5 heterocycles. The number of carbonyl (C=O) groups is 3. The van der Waals surface area contributed by atoms with E-state index < -0.39 is 17.7 Å². The van der Waals surface area contributed by atoms with Crippen molar-refractivity contribution >= 4 is 56.6 Å². The quantitative estimate of drug-likeness (QED) is 0.0611. The lowest BCUT2D eigenvalue weighted by molar-refractivity contribution is 0.0991. The predicted octanol–water partition coefficient (Wildman–Crippen LogP) is 4.50. The zero-order chi connectivity index (χ0) is 44.1. The van der Waals surface area contributed by atoms with Gasteiger partial charge in [-0.2, -0.15) is 10.2 Å². The molecule has 0 aliphatic heterocycles. The SMILES string of the molecule is CCn1nc(C)cc1C(=O)Nc1nc2cc(C(N)=O)cc(OCCCOC)c2n1C/C=C/Cn1c2nc(-c3cc(C)nn3CC)ncc2c2cc(C(N)=O)cc(OCCCN)c21. The molecule has 0 saturated heterocycles. The Morgan fingerprint density at radius 3 is 2.08 bits per heavy atom. The Bertz CT molecular complexity index is 2830. The number of nitrogens with one attached hydrogen (secondary N) is 1. The highest BCUT2D eigenvalue weighted by molar-refractivity contribution is 6.12. The van der Waals surface area contributed by atoms with Crippen molar-refractivity contribution < 1.29 is 28.6 Å². The Morgan fingerprint density at radius 1 is 0.758 bits per heavy atom. The van der Waals surface area contributed by atoms with Crippen LogP contribution >= 0.6 is 0 Å². The molecule has 7 N–H and O–H groups in total. The molecule has 62 heavy (non-hydrogen) atoms. The third-order valence-corrected chi connectivity index (χ3v) is 10.2. The van der Waals surface area contributed by atoms with E-state index in [-0.39, 0.29) is 30.2 Å². The number of fused-ring (bicyclic) bond motifs is 4. The Kier molecular flexibility index (Phi) is 12.9. The van der Waals surface area contributed by atoms with Crippen molar-refractivity contribution in [3.8, 4) is 23.0 Å². The molecule has 3 amide bonds. The zero-order valence-electron chi connectivity index (χ0n) is 35.5. The summed E-state index contributed by atoms with van der Waals surface area (Å²) in [5, 5.41) is 13.4. The maximum absolute atomic E-state index is 13.8. The summed E-state index contributed by atoms with van der Waals surface area (Å²) in [7, 11) is 1.61. The lowest BCUT2D eigenvalue weighted by Crippen LogP contribution is -2.20. The standard InChI is InChI=1S/C43H51N13O6/c1-6-55-32(18-25(3)51-55)40-47-24-30-29-20-27(38(45)57)22-34(61-16-10-12-44)36(29)53(41(30)49-40)13-8-9-14-54-37-31(21-28(39(46)58)23-35(37)62-17-11-15-60-5)48-43(54)50-42(59)33-19-26(4)52-56(33)7-2/h8-9,18-24H,6-7,10-17,44H2,1-5H3,(H2,45,57)(H2,46,58)(H,48,50,59)/b9-8+. The normalized spacial score (nSPS) is 11.7. The third-order valence-electron chi connectivity index (χ3n) is 10.2. The minimum Gasteiger partial charge on any atom is -0.491 e. The number of hydrogen-bond acceptors (Lipinski definition) is 12. The van der Waals surface area contributed by atoms with E-state index in [0.29, 0.717) is 114 Å². The van der Waals surface area contributed by atoms with Crippen LogP contribution in [0.2, 0.25) is 0 Å². The molecule has 0 bridgehead atoms. The number of rotatable bonds is 20. The van der Waals surface area contributed by atoms with Gasteiger partial charge in [-0.05, 0) is 77.1 Å². The second-order valence-electron chi connectivity index (χ2n) is 14.6. The Balaban J connectivity index is 1.34. The van der Waals surface area contributed by atoms with E-state index in [2.05, 4.69) is 15.5 Å². The monoisotopic (exact) mass is 845 g/mol. The molecule has 0 unspecified atom stereocenters. The summed E-state index contributed by atoms with van der Waals surface area (Å²) in [5.41, 5.74) is 22.7. The molecule has 0 aliphatic rings. The average Bonchev–Trinajstić information content (AvgIpc) is 4.01. The minimum atomic E-state index is -0.655. The first-order valence-electron chi connectivity index (χ1n) is 20.4. The van der Waals surface area contributed by atoms with Gasteiger partial charge in [0.15, 0.2) is 5.82 Å². The number of aromatic nitrogens is 9.